The molecular weight excluding hydrogens is 362 g/mol. The van der Waals surface area contributed by atoms with Crippen molar-refractivity contribution in [1.29, 1.82) is 0 Å². The van der Waals surface area contributed by atoms with Gasteiger partial charge in [-0.2, -0.15) is 4.31 Å². The lowest BCUT2D eigenvalue weighted by Gasteiger charge is -2.19. The highest BCUT2D eigenvalue weighted by molar-refractivity contribution is 7.89. The number of ether oxygens (including phenoxy) is 2. The van der Waals surface area contributed by atoms with E-state index in [-0.39, 0.29) is 10.9 Å². The third-order valence-electron chi connectivity index (χ3n) is 3.92. The zero-order valence-electron chi connectivity index (χ0n) is 14.7. The van der Waals surface area contributed by atoms with Crippen molar-refractivity contribution in [2.24, 2.45) is 0 Å². The quantitative estimate of drug-likeness (QED) is 0.691. The van der Waals surface area contributed by atoms with Crippen LogP contribution in [0, 0.1) is 0 Å². The molecule has 1 heterocycles. The van der Waals surface area contributed by atoms with Crippen molar-refractivity contribution >= 4 is 33.0 Å². The second-order valence-corrected chi connectivity index (χ2v) is 8.27. The molecule has 2 rings (SSSR count). The molecule has 1 unspecified atom stereocenters. The summed E-state index contributed by atoms with van der Waals surface area (Å²) >= 11 is 5.28. The first-order chi connectivity index (χ1) is 11.9. The molecule has 2 N–H and O–H groups in total. The number of anilines is 1. The second kappa shape index (κ2) is 8.79. The lowest BCUT2D eigenvalue weighted by atomic mass is 10.3. The van der Waals surface area contributed by atoms with Crippen LogP contribution in [0.25, 0.3) is 0 Å². The highest BCUT2D eigenvalue weighted by Crippen LogP contribution is 2.30. The SMILES string of the molecule is COCC(C)NC(=S)Nc1cc(S(=O)(=O)N2CCCC2)ccc1OC. The minimum atomic E-state index is -3.50. The molecule has 1 saturated heterocycles. The number of methoxy groups -OCH3 is 2. The van der Waals surface area contributed by atoms with Gasteiger partial charge in [0.2, 0.25) is 10.0 Å². The average Bonchev–Trinajstić information content (AvgIpc) is 3.10. The van der Waals surface area contributed by atoms with Crippen LogP contribution in [-0.4, -0.2) is 57.8 Å². The van der Waals surface area contributed by atoms with Crippen LogP contribution < -0.4 is 15.4 Å². The van der Waals surface area contributed by atoms with Crippen molar-refractivity contribution in [3.63, 3.8) is 0 Å². The number of nitrogens with zero attached hydrogens (tertiary/aromatic N) is 1. The highest BCUT2D eigenvalue weighted by atomic mass is 32.2. The molecule has 1 aromatic carbocycles. The van der Waals surface area contributed by atoms with E-state index in [1.54, 1.807) is 25.3 Å². The van der Waals surface area contributed by atoms with Crippen molar-refractivity contribution in [1.82, 2.24) is 9.62 Å². The van der Waals surface area contributed by atoms with Crippen LogP contribution in [0.4, 0.5) is 5.69 Å². The first-order valence-corrected chi connectivity index (χ1v) is 9.98. The standard InChI is InChI=1S/C16H25N3O4S2/c1-12(11-22-2)17-16(24)18-14-10-13(6-7-15(14)23-3)25(20,21)19-8-4-5-9-19/h6-7,10,12H,4-5,8-9,11H2,1-3H3,(H2,17,18,24). The number of benzene rings is 1. The van der Waals surface area contributed by atoms with Gasteiger partial charge in [-0.25, -0.2) is 8.42 Å². The molecule has 0 bridgehead atoms. The predicted octanol–water partition coefficient (Wildman–Crippen LogP) is 1.80. The normalized spacial score (nSPS) is 16.4. The van der Waals surface area contributed by atoms with Crippen LogP contribution >= 0.6 is 12.2 Å². The van der Waals surface area contributed by atoms with Gasteiger partial charge < -0.3 is 20.1 Å². The molecule has 1 aliphatic rings. The molecule has 7 nitrogen and oxygen atoms in total. The van der Waals surface area contributed by atoms with Crippen LogP contribution in [0.3, 0.4) is 0 Å². The molecule has 1 aliphatic heterocycles. The van der Waals surface area contributed by atoms with Gasteiger partial charge in [0, 0.05) is 26.2 Å². The second-order valence-electron chi connectivity index (χ2n) is 5.93. The monoisotopic (exact) mass is 387 g/mol. The molecule has 0 amide bonds. The van der Waals surface area contributed by atoms with Gasteiger partial charge in [-0.15, -0.1) is 0 Å². The minimum absolute atomic E-state index is 0.0208. The third kappa shape index (κ3) is 5.04. The molecule has 0 aromatic heterocycles. The third-order valence-corrected chi connectivity index (χ3v) is 6.03. The Balaban J connectivity index is 2.20. The van der Waals surface area contributed by atoms with E-state index in [1.807, 2.05) is 6.92 Å². The van der Waals surface area contributed by atoms with E-state index in [0.29, 0.717) is 36.2 Å². The van der Waals surface area contributed by atoms with Gasteiger partial charge in [0.25, 0.3) is 0 Å². The summed E-state index contributed by atoms with van der Waals surface area (Å²) in [5.41, 5.74) is 0.505. The molecule has 0 saturated carbocycles. The maximum Gasteiger partial charge on any atom is 0.243 e. The average molecular weight is 388 g/mol. The van der Waals surface area contributed by atoms with Crippen molar-refractivity contribution in [2.75, 3.05) is 39.2 Å². The molecule has 0 aliphatic carbocycles. The first kappa shape index (κ1) is 19.9. The summed E-state index contributed by atoms with van der Waals surface area (Å²) in [5, 5.41) is 6.46. The van der Waals surface area contributed by atoms with E-state index in [2.05, 4.69) is 10.6 Å². The summed E-state index contributed by atoms with van der Waals surface area (Å²) in [6.07, 6.45) is 1.79. The molecule has 0 radical (unpaired) electrons. The van der Waals surface area contributed by atoms with Gasteiger partial charge in [0.15, 0.2) is 5.11 Å². The zero-order chi connectivity index (χ0) is 18.4. The summed E-state index contributed by atoms with van der Waals surface area (Å²) < 4.78 is 37.3. The number of hydrogen-bond acceptors (Lipinski definition) is 5. The van der Waals surface area contributed by atoms with E-state index in [0.717, 1.165) is 12.8 Å². The number of thiocarbonyl (C=S) groups is 1. The molecule has 1 aromatic rings. The molecule has 0 spiro atoms. The van der Waals surface area contributed by atoms with Crippen LogP contribution in [0.5, 0.6) is 5.75 Å². The van der Waals surface area contributed by atoms with E-state index < -0.39 is 10.0 Å². The molecule has 25 heavy (non-hydrogen) atoms. The number of nitrogens with one attached hydrogen (secondary N) is 2. The summed E-state index contributed by atoms with van der Waals surface area (Å²) in [6, 6.07) is 4.77. The summed E-state index contributed by atoms with van der Waals surface area (Å²) in [7, 11) is -0.357. The predicted molar refractivity (Wildman–Crippen MR) is 102 cm³/mol. The van der Waals surface area contributed by atoms with Gasteiger partial charge in [-0.05, 0) is 50.2 Å². The van der Waals surface area contributed by atoms with Crippen molar-refractivity contribution in [2.45, 2.75) is 30.7 Å². The molecule has 1 atom stereocenters. The van der Waals surface area contributed by atoms with Crippen molar-refractivity contribution in [3.05, 3.63) is 18.2 Å². The molecule has 1 fully saturated rings. The number of hydrogen-bond donors (Lipinski definition) is 2. The Morgan fingerprint density at radius 1 is 1.32 bits per heavy atom. The number of sulfonamides is 1. The van der Waals surface area contributed by atoms with Crippen molar-refractivity contribution in [3.8, 4) is 5.75 Å². The Bertz CT molecular complexity index is 703. The Morgan fingerprint density at radius 2 is 2.00 bits per heavy atom. The highest BCUT2D eigenvalue weighted by Gasteiger charge is 2.28. The first-order valence-electron chi connectivity index (χ1n) is 8.13. The Hall–Kier alpha value is -1.42. The molecule has 9 heteroatoms. The largest absolute Gasteiger partial charge is 0.495 e. The van der Waals surface area contributed by atoms with Gasteiger partial charge in [0.1, 0.15) is 5.75 Å². The maximum absolute atomic E-state index is 12.7. The summed E-state index contributed by atoms with van der Waals surface area (Å²) in [5.74, 6) is 0.518. The van der Waals surface area contributed by atoms with E-state index in [4.69, 9.17) is 21.7 Å². The van der Waals surface area contributed by atoms with E-state index >= 15 is 0 Å². The fourth-order valence-electron chi connectivity index (χ4n) is 2.70. The smallest absolute Gasteiger partial charge is 0.243 e. The van der Waals surface area contributed by atoms with Gasteiger partial charge in [-0.1, -0.05) is 0 Å². The van der Waals surface area contributed by atoms with Crippen LogP contribution in [0.15, 0.2) is 23.1 Å². The van der Waals surface area contributed by atoms with E-state index in [1.165, 1.54) is 11.4 Å². The topological polar surface area (TPSA) is 79.9 Å². The fourth-order valence-corrected chi connectivity index (χ4v) is 4.55. The molecular formula is C16H25N3O4S2. The summed E-state index contributed by atoms with van der Waals surface area (Å²) in [4.78, 5) is 0.227. The van der Waals surface area contributed by atoms with Crippen molar-refractivity contribution < 1.29 is 17.9 Å². The van der Waals surface area contributed by atoms with Crippen LogP contribution in [0.2, 0.25) is 0 Å². The zero-order valence-corrected chi connectivity index (χ0v) is 16.4. The molecule has 140 valence electrons. The Labute approximate surface area is 154 Å². The van der Waals surface area contributed by atoms with Gasteiger partial charge in [0.05, 0.1) is 24.3 Å². The Morgan fingerprint density at radius 3 is 2.60 bits per heavy atom. The van der Waals surface area contributed by atoms with E-state index in [9.17, 15) is 8.42 Å². The summed E-state index contributed by atoms with van der Waals surface area (Å²) in [6.45, 7) is 3.56. The van der Waals surface area contributed by atoms with Gasteiger partial charge in [-0.3, -0.25) is 0 Å². The Kier molecular flexibility index (Phi) is 7.00. The number of rotatable bonds is 7. The fraction of sp³-hybridized carbons (Fsp3) is 0.562. The van der Waals surface area contributed by atoms with Crippen LogP contribution in [-0.2, 0) is 14.8 Å². The lowest BCUT2D eigenvalue weighted by Crippen LogP contribution is -2.38. The minimum Gasteiger partial charge on any atom is -0.495 e. The van der Waals surface area contributed by atoms with Crippen LogP contribution in [0.1, 0.15) is 19.8 Å². The maximum atomic E-state index is 12.7. The lowest BCUT2D eigenvalue weighted by molar-refractivity contribution is 0.179. The van der Waals surface area contributed by atoms with Gasteiger partial charge >= 0.3 is 0 Å².